The van der Waals surface area contributed by atoms with E-state index in [0.717, 1.165) is 22.7 Å². The Labute approximate surface area is 269 Å². The second-order valence-corrected chi connectivity index (χ2v) is 11.0. The molecule has 1 N–H and O–H groups in total. The van der Waals surface area contributed by atoms with E-state index in [2.05, 4.69) is 9.88 Å². The van der Waals surface area contributed by atoms with Gasteiger partial charge in [-0.2, -0.15) is 31.1 Å². The topological polar surface area (TPSA) is 89.0 Å². The predicted molar refractivity (Wildman–Crippen MR) is 164 cm³/mol. The van der Waals surface area contributed by atoms with Crippen LogP contribution in [0.3, 0.4) is 0 Å². The minimum absolute atomic E-state index is 0.0310. The van der Waals surface area contributed by atoms with Crippen LogP contribution in [0.15, 0.2) is 72.9 Å². The number of aromatic nitrogens is 2. The zero-order chi connectivity index (χ0) is 34.2. The van der Waals surface area contributed by atoms with Crippen molar-refractivity contribution in [3.63, 3.8) is 0 Å². The highest BCUT2D eigenvalue weighted by atomic mass is 19.4. The van der Waals surface area contributed by atoms with E-state index in [1.807, 2.05) is 35.4 Å². The van der Waals surface area contributed by atoms with Crippen LogP contribution in [-0.2, 0) is 16.1 Å². The molecular formula is C33H28F6N4O5. The molecule has 9 nitrogen and oxygen atoms in total. The van der Waals surface area contributed by atoms with E-state index in [1.165, 1.54) is 12.1 Å². The van der Waals surface area contributed by atoms with Gasteiger partial charge >= 0.3 is 24.3 Å². The largest absolute Gasteiger partial charge is 0.494 e. The van der Waals surface area contributed by atoms with Gasteiger partial charge in [-0.1, -0.05) is 24.3 Å². The van der Waals surface area contributed by atoms with E-state index >= 15 is 0 Å². The fourth-order valence-electron chi connectivity index (χ4n) is 5.86. The van der Waals surface area contributed by atoms with Gasteiger partial charge in [0.15, 0.2) is 0 Å². The fraction of sp³-hybridized carbons (Fsp3) is 0.273. The number of alkyl halides is 6. The van der Waals surface area contributed by atoms with Crippen molar-refractivity contribution in [1.29, 1.82) is 0 Å². The Balaban J connectivity index is 1.45. The van der Waals surface area contributed by atoms with Crippen molar-refractivity contribution in [3.8, 4) is 22.6 Å². The summed E-state index contributed by atoms with van der Waals surface area (Å²) in [5.74, 6) is -5.18. The maximum absolute atomic E-state index is 13.5. The highest BCUT2D eigenvalue weighted by Gasteiger charge is 2.44. The smallest absolute Gasteiger partial charge is 0.493 e. The summed E-state index contributed by atoms with van der Waals surface area (Å²) in [6.07, 6.45) is -8.91. The number of fused-ring (bicyclic) bond motifs is 2. The number of piperazine rings is 1. The summed E-state index contributed by atoms with van der Waals surface area (Å²) in [5.41, 5.74) is 2.25. The number of esters is 1. The van der Waals surface area contributed by atoms with Crippen LogP contribution in [0.1, 0.15) is 12.6 Å². The fourth-order valence-corrected chi connectivity index (χ4v) is 5.86. The Hall–Kier alpha value is -5.18. The molecule has 3 heterocycles. The lowest BCUT2D eigenvalue weighted by molar-refractivity contribution is -0.199. The third-order valence-corrected chi connectivity index (χ3v) is 7.96. The number of benzene rings is 3. The van der Waals surface area contributed by atoms with Gasteiger partial charge in [0.05, 0.1) is 23.2 Å². The van der Waals surface area contributed by atoms with Gasteiger partial charge in [-0.05, 0) is 55.0 Å². The van der Waals surface area contributed by atoms with Gasteiger partial charge < -0.3 is 24.2 Å². The molecule has 0 atom stereocenters. The van der Waals surface area contributed by atoms with Gasteiger partial charge in [-0.25, -0.2) is 9.59 Å². The first-order chi connectivity index (χ1) is 22.8. The lowest BCUT2D eigenvalue weighted by Gasteiger charge is -2.36. The summed E-state index contributed by atoms with van der Waals surface area (Å²) in [4.78, 5) is 36.4. The molecule has 1 aliphatic heterocycles. The van der Waals surface area contributed by atoms with Crippen LogP contribution in [0.2, 0.25) is 0 Å². The third kappa shape index (κ3) is 6.50. The summed E-state index contributed by atoms with van der Waals surface area (Å²) in [5, 5.41) is 0.880. The van der Waals surface area contributed by atoms with Crippen LogP contribution in [-0.4, -0.2) is 71.7 Å². The van der Waals surface area contributed by atoms with Crippen molar-refractivity contribution in [2.24, 2.45) is 0 Å². The summed E-state index contributed by atoms with van der Waals surface area (Å²) in [6.45, 7) is 4.01. The number of carbonyl (C=O) groups excluding carboxylic acids is 2. The van der Waals surface area contributed by atoms with Crippen molar-refractivity contribution in [2.45, 2.75) is 25.8 Å². The van der Waals surface area contributed by atoms with E-state index in [1.54, 1.807) is 31.2 Å². The Morgan fingerprint density at radius 1 is 0.833 bits per heavy atom. The number of nitrogens with one attached hydrogen (secondary N) is 1. The zero-order valence-electron chi connectivity index (χ0n) is 25.3. The van der Waals surface area contributed by atoms with Crippen LogP contribution >= 0.6 is 0 Å². The third-order valence-electron chi connectivity index (χ3n) is 7.96. The van der Waals surface area contributed by atoms with Crippen LogP contribution in [0.4, 0.5) is 32.0 Å². The van der Waals surface area contributed by atoms with E-state index in [9.17, 15) is 35.9 Å². The normalized spacial score (nSPS) is 14.4. The molecule has 15 heteroatoms. The quantitative estimate of drug-likeness (QED) is 0.114. The Morgan fingerprint density at radius 3 is 2.19 bits per heavy atom. The predicted octanol–water partition coefficient (Wildman–Crippen LogP) is 6.50. The van der Waals surface area contributed by atoms with Gasteiger partial charge in [0, 0.05) is 61.1 Å². The van der Waals surface area contributed by atoms with Crippen LogP contribution in [0.5, 0.6) is 11.5 Å². The van der Waals surface area contributed by atoms with Crippen molar-refractivity contribution in [3.05, 3.63) is 78.6 Å². The van der Waals surface area contributed by atoms with Gasteiger partial charge in [-0.15, -0.1) is 0 Å². The second kappa shape index (κ2) is 12.8. The van der Waals surface area contributed by atoms with Gasteiger partial charge in [0.1, 0.15) is 11.5 Å². The maximum atomic E-state index is 13.5. The monoisotopic (exact) mass is 674 g/mol. The minimum atomic E-state index is -5.39. The molecule has 5 aromatic rings. The number of H-pyrrole nitrogens is 1. The molecule has 0 spiro atoms. The first-order valence-corrected chi connectivity index (χ1v) is 14.9. The summed E-state index contributed by atoms with van der Waals surface area (Å²) >= 11 is 0. The summed E-state index contributed by atoms with van der Waals surface area (Å²) < 4.78 is 91.4. The zero-order valence-corrected chi connectivity index (χ0v) is 25.3. The average molecular weight is 675 g/mol. The molecule has 6 rings (SSSR count). The number of aromatic amines is 1. The van der Waals surface area contributed by atoms with Gasteiger partial charge in [0.2, 0.25) is 0 Å². The second-order valence-electron chi connectivity index (χ2n) is 11.0. The first kappa shape index (κ1) is 32.7. The van der Waals surface area contributed by atoms with Crippen molar-refractivity contribution < 1.29 is 50.2 Å². The van der Waals surface area contributed by atoms with E-state index < -0.39 is 30.0 Å². The number of carbonyl (C=O) groups is 2. The molecule has 252 valence electrons. The number of rotatable bonds is 8. The van der Waals surface area contributed by atoms with Crippen molar-refractivity contribution in [2.75, 3.05) is 37.7 Å². The van der Waals surface area contributed by atoms with Gasteiger partial charge in [-0.3, -0.25) is 4.90 Å². The molecule has 48 heavy (non-hydrogen) atoms. The van der Waals surface area contributed by atoms with E-state index in [4.69, 9.17) is 14.3 Å². The lowest BCUT2D eigenvalue weighted by Crippen LogP contribution is -2.46. The number of nitrogens with zero attached hydrogens (tertiary/aromatic N) is 3. The molecule has 0 unspecified atom stereocenters. The molecule has 3 aromatic carbocycles. The molecule has 1 saturated heterocycles. The Morgan fingerprint density at radius 2 is 1.52 bits per heavy atom. The summed E-state index contributed by atoms with van der Waals surface area (Å²) in [6, 6.07) is 17.7. The maximum Gasteiger partial charge on any atom is 0.493 e. The van der Waals surface area contributed by atoms with Crippen molar-refractivity contribution >= 4 is 39.4 Å². The van der Waals surface area contributed by atoms with Gasteiger partial charge in [0.25, 0.3) is 0 Å². The van der Waals surface area contributed by atoms with Crippen molar-refractivity contribution in [1.82, 2.24) is 14.6 Å². The SMILES string of the molecule is CCOc1ccc(-c2c(CN3CCN(c4cccc5[nH]ccc45)CC3)n(OC(=O)C(F)(F)F)c3cccc(OC(=O)C(F)(F)F)c23)cc1. The number of halogens is 6. The number of hydrogen-bond acceptors (Lipinski definition) is 7. The molecule has 0 radical (unpaired) electrons. The molecule has 0 aliphatic carbocycles. The average Bonchev–Trinajstić information content (AvgIpc) is 3.65. The Kier molecular flexibility index (Phi) is 8.72. The Bertz CT molecular complexity index is 1960. The van der Waals surface area contributed by atoms with Crippen LogP contribution < -0.4 is 19.2 Å². The molecular weight excluding hydrogens is 646 g/mol. The number of anilines is 1. The number of ether oxygens (including phenoxy) is 2. The lowest BCUT2D eigenvalue weighted by atomic mass is 10.0. The molecule has 2 aromatic heterocycles. The molecule has 0 saturated carbocycles. The number of hydrogen-bond donors (Lipinski definition) is 1. The highest BCUT2D eigenvalue weighted by Crippen LogP contribution is 2.42. The van der Waals surface area contributed by atoms with E-state index in [-0.39, 0.29) is 28.7 Å². The van der Waals surface area contributed by atoms with E-state index in [0.29, 0.717) is 48.8 Å². The van der Waals surface area contributed by atoms with Crippen LogP contribution in [0, 0.1) is 0 Å². The highest BCUT2D eigenvalue weighted by molar-refractivity contribution is 6.03. The minimum Gasteiger partial charge on any atom is -0.494 e. The molecule has 1 fully saturated rings. The standard InChI is InChI=1S/C33H28F6N4O5/c1-2-46-21-11-9-20(10-12-21)28-26(19-41-15-17-42(18-16-41)24-6-3-5-23-22(24)13-14-40-23)43(48-31(45)33(37,38)39)25-7-4-8-27(29(25)28)47-30(44)32(34,35)36/h3-14,40H,2,15-19H2,1H3. The first-order valence-electron chi connectivity index (χ1n) is 14.9. The molecule has 0 amide bonds. The molecule has 1 aliphatic rings. The molecule has 0 bridgehead atoms. The summed E-state index contributed by atoms with van der Waals surface area (Å²) in [7, 11) is 0. The van der Waals surface area contributed by atoms with Crippen LogP contribution in [0.25, 0.3) is 32.9 Å².